The number of hydrogen-bond acceptors (Lipinski definition) is 17. The molecule has 6 amide bonds. The number of anilines is 1. The standard InChI is InChI=1S/C36H50N10O13.2C2H6/c1-20(48)12-39-28(51)13-40-29(52)14-41-30(53)15-42-35(56)24(18-58-36(59-19-43-57)34(55)26(49)17-47)44-27(50)10-11-31(54)46-16-21-6-2-3-7-22(21)33(45-38)32(37)23-8-4-5-9-25(23)46;2*1-2/h2-9,24,26,34,36,43,45,47,49,55,57H,10-19,37-38H2,1H3,(H,39,51)(H,40,52)(H,41,53)(H,42,56)(H,44,50);2*1-2H3/b33-32-;;. The molecule has 0 fully saturated rings. The second-order valence-corrected chi connectivity index (χ2v) is 12.9. The number of hydrogen-bond donors (Lipinski definition) is 13. The molecule has 2 aromatic rings. The third-order valence-electron chi connectivity index (χ3n) is 8.48. The number of Topliss-reactive ketones (excluding diaryl/α,β-unsaturated/α-hetero) is 1. The molecule has 1 aliphatic heterocycles. The summed E-state index contributed by atoms with van der Waals surface area (Å²) in [6.45, 7) is 5.02. The van der Waals surface area contributed by atoms with Crippen molar-refractivity contribution < 1.29 is 63.6 Å². The minimum absolute atomic E-state index is 0.0806. The lowest BCUT2D eigenvalue weighted by atomic mass is 9.96. The molecule has 0 aliphatic carbocycles. The van der Waals surface area contributed by atoms with Crippen LogP contribution in [-0.4, -0.2) is 132 Å². The molecule has 0 radical (unpaired) electrons. The van der Waals surface area contributed by atoms with E-state index in [0.29, 0.717) is 28.1 Å². The molecular formula is C40H62N10O13. The molecule has 0 saturated carbocycles. The number of para-hydroxylation sites is 1. The van der Waals surface area contributed by atoms with E-state index in [0.717, 1.165) is 0 Å². The zero-order valence-electron chi connectivity index (χ0n) is 36.1. The molecule has 0 saturated heterocycles. The lowest BCUT2D eigenvalue weighted by molar-refractivity contribution is -0.230. The predicted molar refractivity (Wildman–Crippen MR) is 229 cm³/mol. The first-order chi connectivity index (χ1) is 30.2. The van der Waals surface area contributed by atoms with E-state index in [1.807, 2.05) is 27.7 Å². The summed E-state index contributed by atoms with van der Waals surface area (Å²) < 4.78 is 10.5. The van der Waals surface area contributed by atoms with E-state index >= 15 is 0 Å². The molecule has 1 aliphatic rings. The van der Waals surface area contributed by atoms with E-state index in [9.17, 15) is 48.9 Å². The number of nitrogens with zero attached hydrogens (tertiary/aromatic N) is 1. The third kappa shape index (κ3) is 18.4. The van der Waals surface area contributed by atoms with Crippen LogP contribution in [0.1, 0.15) is 64.2 Å². The van der Waals surface area contributed by atoms with Crippen molar-refractivity contribution >= 4 is 58.3 Å². The van der Waals surface area contributed by atoms with Crippen LogP contribution in [-0.2, 0) is 49.6 Å². The van der Waals surface area contributed by atoms with Crippen LogP contribution in [0.15, 0.2) is 48.5 Å². The van der Waals surface area contributed by atoms with Crippen LogP contribution in [0.25, 0.3) is 11.4 Å². The quantitative estimate of drug-likeness (QED) is 0.0304. The van der Waals surface area contributed by atoms with Crippen LogP contribution in [0, 0.1) is 0 Å². The number of aliphatic hydroxyl groups excluding tert-OH is 3. The monoisotopic (exact) mass is 890 g/mol. The van der Waals surface area contributed by atoms with Gasteiger partial charge in [0.2, 0.25) is 35.4 Å². The minimum atomic E-state index is -1.91. The second kappa shape index (κ2) is 30.1. The Morgan fingerprint density at radius 3 is 1.89 bits per heavy atom. The van der Waals surface area contributed by atoms with Crippen LogP contribution < -0.4 is 54.0 Å². The minimum Gasteiger partial charge on any atom is -0.396 e. The summed E-state index contributed by atoms with van der Waals surface area (Å²) in [5.74, 6) is 0.976. The van der Waals surface area contributed by atoms with Crippen molar-refractivity contribution in [1.29, 1.82) is 0 Å². The van der Waals surface area contributed by atoms with Gasteiger partial charge in [0.1, 0.15) is 30.8 Å². The highest BCUT2D eigenvalue weighted by molar-refractivity contribution is 6.02. The number of benzene rings is 2. The maximum atomic E-state index is 13.8. The molecule has 350 valence electrons. The van der Waals surface area contributed by atoms with E-state index < -0.39 is 106 Å². The number of ketones is 1. The molecule has 4 unspecified atom stereocenters. The van der Waals surface area contributed by atoms with Crippen molar-refractivity contribution in [3.63, 3.8) is 0 Å². The van der Waals surface area contributed by atoms with Gasteiger partial charge in [0.15, 0.2) is 6.29 Å². The van der Waals surface area contributed by atoms with Gasteiger partial charge < -0.3 is 72.6 Å². The predicted octanol–water partition coefficient (Wildman–Crippen LogP) is -2.84. The molecule has 23 nitrogen and oxygen atoms in total. The Morgan fingerprint density at radius 2 is 1.32 bits per heavy atom. The number of rotatable bonds is 23. The van der Waals surface area contributed by atoms with Gasteiger partial charge in [0, 0.05) is 24.0 Å². The Morgan fingerprint density at radius 1 is 0.762 bits per heavy atom. The Kier molecular flexibility index (Phi) is 26.2. The van der Waals surface area contributed by atoms with E-state index in [1.54, 1.807) is 54.0 Å². The zero-order chi connectivity index (χ0) is 47.5. The first kappa shape index (κ1) is 55.0. The third-order valence-corrected chi connectivity index (χ3v) is 8.48. The van der Waals surface area contributed by atoms with Crippen molar-refractivity contribution in [3.8, 4) is 0 Å². The zero-order valence-corrected chi connectivity index (χ0v) is 36.1. The fraction of sp³-hybridized carbons (Fsp3) is 0.475. The van der Waals surface area contributed by atoms with Gasteiger partial charge in [-0.1, -0.05) is 70.2 Å². The van der Waals surface area contributed by atoms with Crippen molar-refractivity contribution in [1.82, 2.24) is 37.5 Å². The molecule has 23 heteroatoms. The van der Waals surface area contributed by atoms with E-state index in [4.69, 9.17) is 26.3 Å². The van der Waals surface area contributed by atoms with E-state index in [1.165, 1.54) is 11.8 Å². The summed E-state index contributed by atoms with van der Waals surface area (Å²) in [5, 5.41) is 49.9. The summed E-state index contributed by atoms with van der Waals surface area (Å²) in [6.07, 6.45) is -6.28. The Bertz CT molecular complexity index is 1850. The highest BCUT2D eigenvalue weighted by Gasteiger charge is 2.31. The molecule has 4 atom stereocenters. The van der Waals surface area contributed by atoms with E-state index in [2.05, 4.69) is 32.0 Å². The fourth-order valence-corrected chi connectivity index (χ4v) is 5.46. The number of carbonyl (C=O) groups is 7. The van der Waals surface area contributed by atoms with Gasteiger partial charge in [0.05, 0.1) is 63.0 Å². The fourth-order valence-electron chi connectivity index (χ4n) is 5.46. The Labute approximate surface area is 365 Å². The van der Waals surface area contributed by atoms with Gasteiger partial charge in [-0.2, -0.15) is 5.48 Å². The van der Waals surface area contributed by atoms with Crippen LogP contribution in [0.3, 0.4) is 0 Å². The number of ether oxygens (including phenoxy) is 2. The average Bonchev–Trinajstić information content (AvgIpc) is 3.30. The van der Waals surface area contributed by atoms with Crippen molar-refractivity contribution in [3.05, 3.63) is 65.2 Å². The molecule has 0 spiro atoms. The number of aliphatic hydroxyl groups is 3. The van der Waals surface area contributed by atoms with Gasteiger partial charge in [0.25, 0.3) is 0 Å². The lowest BCUT2D eigenvalue weighted by Crippen LogP contribution is -2.53. The van der Waals surface area contributed by atoms with Crippen LogP contribution in [0.2, 0.25) is 0 Å². The summed E-state index contributed by atoms with van der Waals surface area (Å²) in [5.41, 5.74) is 13.9. The van der Waals surface area contributed by atoms with Crippen molar-refractivity contribution in [2.45, 2.75) is 78.5 Å². The summed E-state index contributed by atoms with van der Waals surface area (Å²) in [7, 11) is 0. The molecule has 2 aromatic carbocycles. The smallest absolute Gasteiger partial charge is 0.245 e. The molecule has 1 heterocycles. The van der Waals surface area contributed by atoms with Gasteiger partial charge in [-0.25, -0.2) is 0 Å². The summed E-state index contributed by atoms with van der Waals surface area (Å²) in [6, 6.07) is 12.4. The normalized spacial score (nSPS) is 14.6. The highest BCUT2D eigenvalue weighted by Crippen LogP contribution is 2.34. The highest BCUT2D eigenvalue weighted by atomic mass is 16.7. The maximum Gasteiger partial charge on any atom is 0.245 e. The van der Waals surface area contributed by atoms with E-state index in [-0.39, 0.29) is 31.0 Å². The molecular weight excluding hydrogens is 828 g/mol. The molecule has 0 aromatic heterocycles. The van der Waals surface area contributed by atoms with Crippen LogP contribution in [0.5, 0.6) is 0 Å². The maximum absolute atomic E-state index is 13.8. The largest absolute Gasteiger partial charge is 0.396 e. The summed E-state index contributed by atoms with van der Waals surface area (Å²) >= 11 is 0. The number of hydroxylamine groups is 1. The number of nitrogens with two attached hydrogens (primary N) is 2. The van der Waals surface area contributed by atoms with Crippen LogP contribution in [0.4, 0.5) is 5.69 Å². The SMILES string of the molecule is CC.CC.CC(=O)CNC(=O)CNC(=O)CNC(=O)CNC(=O)C(COC(OCNO)C(O)C(O)CO)NC(=O)CCC(=O)N1Cc2ccccc2/C(NN)=C(/N)c2ccccc21. The Balaban J connectivity index is 0.00000481. The average molecular weight is 891 g/mol. The van der Waals surface area contributed by atoms with Gasteiger partial charge >= 0.3 is 0 Å². The molecule has 3 rings (SSSR count). The number of hydrazine groups is 1. The first-order valence-electron chi connectivity index (χ1n) is 20.1. The molecule has 63 heavy (non-hydrogen) atoms. The van der Waals surface area contributed by atoms with Gasteiger partial charge in [-0.3, -0.25) is 39.4 Å². The first-order valence-corrected chi connectivity index (χ1v) is 20.1. The summed E-state index contributed by atoms with van der Waals surface area (Å²) in [4.78, 5) is 89.1. The lowest BCUT2D eigenvalue weighted by Gasteiger charge is -2.30. The Hall–Kier alpha value is -6.05. The van der Waals surface area contributed by atoms with Gasteiger partial charge in [-0.15, -0.1) is 0 Å². The van der Waals surface area contributed by atoms with Crippen molar-refractivity contribution in [2.75, 3.05) is 51.0 Å². The number of nitrogens with one attached hydrogen (secondary N) is 7. The van der Waals surface area contributed by atoms with Crippen LogP contribution >= 0.6 is 0 Å². The molecule has 15 N–H and O–H groups in total. The second-order valence-electron chi connectivity index (χ2n) is 12.9. The molecule has 0 bridgehead atoms. The number of amides is 6. The van der Waals surface area contributed by atoms with Crippen molar-refractivity contribution in [2.24, 2.45) is 11.6 Å². The van der Waals surface area contributed by atoms with Gasteiger partial charge in [-0.05, 0) is 18.6 Å². The number of fused-ring (bicyclic) bond motifs is 2. The number of carbonyl (C=O) groups excluding carboxylic acids is 7. The topological polar surface area (TPSA) is 358 Å².